The molecule has 0 saturated heterocycles. The highest BCUT2D eigenvalue weighted by Gasteiger charge is 2.32. The summed E-state index contributed by atoms with van der Waals surface area (Å²) in [4.78, 5) is 4.51. The summed E-state index contributed by atoms with van der Waals surface area (Å²) in [6.45, 7) is 8.51. The van der Waals surface area contributed by atoms with Crippen LogP contribution in [0.2, 0.25) is 0 Å². The Morgan fingerprint density at radius 2 is 2.15 bits per heavy atom. The molecule has 0 bridgehead atoms. The number of hydrogen-bond donors (Lipinski definition) is 1. The number of ether oxygens (including phenoxy) is 1. The van der Waals surface area contributed by atoms with Crippen LogP contribution >= 0.6 is 11.5 Å². The van der Waals surface area contributed by atoms with Crippen molar-refractivity contribution in [3.63, 3.8) is 0 Å². The molecule has 0 fully saturated rings. The van der Waals surface area contributed by atoms with Crippen LogP contribution in [0.4, 0.5) is 5.00 Å². The van der Waals surface area contributed by atoms with Crippen molar-refractivity contribution in [1.82, 2.24) is 14.5 Å². The molecular weight excluding hydrogens is 276 g/mol. The van der Waals surface area contributed by atoms with Gasteiger partial charge in [0, 0.05) is 13.7 Å². The second kappa shape index (κ2) is 5.88. The number of hydrogen-bond acceptors (Lipinski definition) is 7. The van der Waals surface area contributed by atoms with Crippen molar-refractivity contribution in [2.24, 2.45) is 0 Å². The molecule has 0 aliphatic heterocycles. The van der Waals surface area contributed by atoms with Crippen LogP contribution in [0.15, 0.2) is 4.52 Å². The summed E-state index contributed by atoms with van der Waals surface area (Å²) < 4.78 is 15.5. The Bertz CT molecular complexity index is 581. The van der Waals surface area contributed by atoms with Crippen molar-refractivity contribution in [2.45, 2.75) is 39.7 Å². The van der Waals surface area contributed by atoms with Crippen LogP contribution in [-0.2, 0) is 10.3 Å². The molecule has 0 spiro atoms. The van der Waals surface area contributed by atoms with Gasteiger partial charge in [-0.2, -0.15) is 9.36 Å². The molecule has 2 rings (SSSR count). The van der Waals surface area contributed by atoms with Crippen molar-refractivity contribution in [3.8, 4) is 11.5 Å². The Balaban J connectivity index is 2.40. The monoisotopic (exact) mass is 296 g/mol. The van der Waals surface area contributed by atoms with E-state index in [-0.39, 0.29) is 0 Å². The van der Waals surface area contributed by atoms with Crippen molar-refractivity contribution in [1.29, 1.82) is 0 Å². The van der Waals surface area contributed by atoms with Gasteiger partial charge in [-0.3, -0.25) is 0 Å². The molecule has 0 amide bonds. The topological polar surface area (TPSA) is 73.1 Å². The zero-order valence-electron chi connectivity index (χ0n) is 12.5. The van der Waals surface area contributed by atoms with E-state index in [2.05, 4.69) is 19.8 Å². The lowest BCUT2D eigenvalue weighted by molar-refractivity contribution is -0.0403. The third kappa shape index (κ3) is 2.55. The number of aryl methyl sites for hydroxylation is 1. The average molecular weight is 296 g/mol. The lowest BCUT2D eigenvalue weighted by atomic mass is 10.0. The fourth-order valence-corrected chi connectivity index (χ4v) is 2.71. The second-order valence-electron chi connectivity index (χ2n) is 4.66. The van der Waals surface area contributed by atoms with Gasteiger partial charge in [-0.15, -0.1) is 0 Å². The van der Waals surface area contributed by atoms with Crippen LogP contribution in [-0.4, -0.2) is 28.2 Å². The molecule has 2 heterocycles. The highest BCUT2D eigenvalue weighted by atomic mass is 32.1. The molecule has 0 aliphatic carbocycles. The molecule has 1 unspecified atom stereocenters. The van der Waals surface area contributed by atoms with Crippen molar-refractivity contribution in [3.05, 3.63) is 11.5 Å². The van der Waals surface area contributed by atoms with Crippen LogP contribution < -0.4 is 5.32 Å². The molecule has 2 aromatic rings. The number of anilines is 1. The maximum Gasteiger partial charge on any atom is 0.262 e. The number of aromatic nitrogens is 3. The second-order valence-corrected chi connectivity index (χ2v) is 5.44. The summed E-state index contributed by atoms with van der Waals surface area (Å²) in [5.41, 5.74) is 1.23. The summed E-state index contributed by atoms with van der Waals surface area (Å²) in [6.07, 6.45) is 0.777. The van der Waals surface area contributed by atoms with Gasteiger partial charge in [-0.1, -0.05) is 12.1 Å². The van der Waals surface area contributed by atoms with Crippen molar-refractivity contribution < 1.29 is 9.26 Å². The average Bonchev–Trinajstić information content (AvgIpc) is 3.05. The summed E-state index contributed by atoms with van der Waals surface area (Å²) in [6, 6.07) is 0. The maximum absolute atomic E-state index is 5.77. The van der Waals surface area contributed by atoms with Gasteiger partial charge in [0.2, 0.25) is 5.82 Å². The highest BCUT2D eigenvalue weighted by molar-refractivity contribution is 7.10. The van der Waals surface area contributed by atoms with E-state index in [0.29, 0.717) is 18.3 Å². The quantitative estimate of drug-likeness (QED) is 0.882. The largest absolute Gasteiger partial charge is 0.378 e. The van der Waals surface area contributed by atoms with E-state index in [1.165, 1.54) is 11.5 Å². The van der Waals surface area contributed by atoms with Gasteiger partial charge in [0.15, 0.2) is 0 Å². The molecule has 6 nitrogen and oxygen atoms in total. The van der Waals surface area contributed by atoms with E-state index >= 15 is 0 Å². The first kappa shape index (κ1) is 14.9. The fourth-order valence-electron chi connectivity index (χ4n) is 1.98. The Kier molecular flexibility index (Phi) is 4.39. The zero-order chi connectivity index (χ0) is 14.8. The predicted octanol–water partition coefficient (Wildman–Crippen LogP) is 3.20. The molecule has 7 heteroatoms. The molecule has 2 aromatic heterocycles. The van der Waals surface area contributed by atoms with E-state index in [1.54, 1.807) is 0 Å². The van der Waals surface area contributed by atoms with Gasteiger partial charge in [0.05, 0.1) is 11.3 Å². The minimum atomic E-state index is -0.520. The van der Waals surface area contributed by atoms with Gasteiger partial charge < -0.3 is 14.6 Å². The molecule has 110 valence electrons. The molecule has 1 atom stereocenters. The smallest absolute Gasteiger partial charge is 0.262 e. The van der Waals surface area contributed by atoms with E-state index in [1.807, 2.05) is 34.7 Å². The van der Waals surface area contributed by atoms with Crippen LogP contribution in [0.5, 0.6) is 0 Å². The van der Waals surface area contributed by atoms with Crippen LogP contribution in [0, 0.1) is 6.92 Å². The minimum Gasteiger partial charge on any atom is -0.378 e. The predicted molar refractivity (Wildman–Crippen MR) is 79.0 cm³/mol. The Morgan fingerprint density at radius 1 is 1.40 bits per heavy atom. The summed E-state index contributed by atoms with van der Waals surface area (Å²) in [5.74, 6) is 1.06. The molecule has 0 aromatic carbocycles. The maximum atomic E-state index is 5.77. The SMILES string of the molecule is CCOC(C)(CC)c1noc(-c2c(C)nsc2NC)n1. The number of nitrogens with one attached hydrogen (secondary N) is 1. The Hall–Kier alpha value is -1.47. The first-order valence-electron chi connectivity index (χ1n) is 6.68. The van der Waals surface area contributed by atoms with E-state index in [0.717, 1.165) is 22.7 Å². The number of nitrogens with zero attached hydrogens (tertiary/aromatic N) is 3. The number of rotatable bonds is 6. The zero-order valence-corrected chi connectivity index (χ0v) is 13.3. The van der Waals surface area contributed by atoms with Gasteiger partial charge in [0.1, 0.15) is 10.6 Å². The lowest BCUT2D eigenvalue weighted by Crippen LogP contribution is -2.26. The molecule has 0 aliphatic rings. The summed E-state index contributed by atoms with van der Waals surface area (Å²) in [5, 5.41) is 8.11. The first-order chi connectivity index (χ1) is 9.55. The molecule has 0 radical (unpaired) electrons. The van der Waals surface area contributed by atoms with E-state index < -0.39 is 5.60 Å². The third-order valence-electron chi connectivity index (χ3n) is 3.34. The minimum absolute atomic E-state index is 0.481. The van der Waals surface area contributed by atoms with Gasteiger partial charge in [-0.05, 0) is 38.7 Å². The lowest BCUT2D eigenvalue weighted by Gasteiger charge is -2.23. The Morgan fingerprint density at radius 3 is 2.75 bits per heavy atom. The van der Waals surface area contributed by atoms with Crippen molar-refractivity contribution >= 4 is 16.5 Å². The van der Waals surface area contributed by atoms with Crippen LogP contribution in [0.25, 0.3) is 11.5 Å². The van der Waals surface area contributed by atoms with Gasteiger partial charge >= 0.3 is 0 Å². The van der Waals surface area contributed by atoms with Gasteiger partial charge in [0.25, 0.3) is 5.89 Å². The normalized spacial score (nSPS) is 14.2. The fraction of sp³-hybridized carbons (Fsp3) is 0.615. The first-order valence-corrected chi connectivity index (χ1v) is 7.45. The van der Waals surface area contributed by atoms with E-state index in [4.69, 9.17) is 9.26 Å². The molecule has 1 N–H and O–H groups in total. The molecular formula is C13H20N4O2S. The van der Waals surface area contributed by atoms with Gasteiger partial charge in [-0.25, -0.2) is 0 Å². The van der Waals surface area contributed by atoms with Crippen LogP contribution in [0.3, 0.4) is 0 Å². The Labute approximate surface area is 122 Å². The highest BCUT2D eigenvalue weighted by Crippen LogP contribution is 2.35. The van der Waals surface area contributed by atoms with E-state index in [9.17, 15) is 0 Å². The standard InChI is InChI=1S/C13H20N4O2S/c1-6-13(4,18-7-2)12-15-10(19-16-12)9-8(3)17-20-11(9)14-5/h14H,6-7H2,1-5H3. The van der Waals surface area contributed by atoms with Crippen LogP contribution in [0.1, 0.15) is 38.7 Å². The molecule has 20 heavy (non-hydrogen) atoms. The summed E-state index contributed by atoms with van der Waals surface area (Å²) in [7, 11) is 1.85. The summed E-state index contributed by atoms with van der Waals surface area (Å²) >= 11 is 1.38. The van der Waals surface area contributed by atoms with Crippen molar-refractivity contribution in [2.75, 3.05) is 19.0 Å². The third-order valence-corrected chi connectivity index (χ3v) is 4.30. The molecule has 0 saturated carbocycles.